The molecule has 1 saturated heterocycles. The minimum absolute atomic E-state index is 0.102. The zero-order valence-electron chi connectivity index (χ0n) is 19.4. The molecule has 1 aliphatic heterocycles. The van der Waals surface area contributed by atoms with E-state index in [1.54, 1.807) is 0 Å². The van der Waals surface area contributed by atoms with Crippen molar-refractivity contribution in [2.45, 2.75) is 57.1 Å². The van der Waals surface area contributed by atoms with Crippen LogP contribution in [0.4, 0.5) is 4.79 Å². The van der Waals surface area contributed by atoms with Crippen LogP contribution in [0.5, 0.6) is 5.75 Å². The lowest BCUT2D eigenvalue weighted by atomic mass is 10.1. The van der Waals surface area contributed by atoms with E-state index in [4.69, 9.17) is 9.47 Å². The first-order valence-electron chi connectivity index (χ1n) is 11.9. The SMILES string of the molecule is CCc1ccc(CCOc2ccc(CC3SC(=O)N(COC(=O)C4CCCC4)C3=O)cc2)nc1. The molecule has 1 aromatic heterocycles. The number of pyridine rings is 1. The molecule has 8 heteroatoms. The van der Waals surface area contributed by atoms with Crippen LogP contribution in [-0.2, 0) is 33.6 Å². The van der Waals surface area contributed by atoms with Gasteiger partial charge in [0.2, 0.25) is 5.91 Å². The van der Waals surface area contributed by atoms with Gasteiger partial charge in [-0.05, 0) is 55.0 Å². The lowest BCUT2D eigenvalue weighted by Gasteiger charge is -2.16. The Bertz CT molecular complexity index is 1000. The molecule has 2 amide bonds. The molecular formula is C26H30N2O5S. The van der Waals surface area contributed by atoms with Gasteiger partial charge in [0, 0.05) is 18.3 Å². The van der Waals surface area contributed by atoms with Gasteiger partial charge in [-0.1, -0.05) is 49.7 Å². The van der Waals surface area contributed by atoms with Crippen LogP contribution in [0.15, 0.2) is 42.6 Å². The molecule has 0 bridgehead atoms. The standard InChI is InChI=1S/C26H30N2O5S/c1-2-18-7-10-21(27-16-18)13-14-32-22-11-8-19(9-12-22)15-23-24(29)28(26(31)34-23)17-33-25(30)20-5-3-4-6-20/h7-12,16,20,23H,2-6,13-15,17H2,1H3. The van der Waals surface area contributed by atoms with Gasteiger partial charge in [-0.2, -0.15) is 0 Å². The van der Waals surface area contributed by atoms with E-state index in [1.165, 1.54) is 5.56 Å². The first-order chi connectivity index (χ1) is 16.5. The third-order valence-electron chi connectivity index (χ3n) is 6.29. The molecule has 1 aromatic carbocycles. The largest absolute Gasteiger partial charge is 0.493 e. The van der Waals surface area contributed by atoms with Crippen LogP contribution in [0.25, 0.3) is 0 Å². The third-order valence-corrected chi connectivity index (χ3v) is 7.37. The lowest BCUT2D eigenvalue weighted by Crippen LogP contribution is -2.35. The van der Waals surface area contributed by atoms with Gasteiger partial charge >= 0.3 is 5.97 Å². The van der Waals surface area contributed by atoms with Crippen molar-refractivity contribution in [2.24, 2.45) is 5.92 Å². The number of aryl methyl sites for hydroxylation is 1. The van der Waals surface area contributed by atoms with Crippen LogP contribution < -0.4 is 4.74 Å². The molecule has 1 atom stereocenters. The number of ether oxygens (including phenoxy) is 2. The first kappa shape index (κ1) is 24.3. The molecule has 2 aliphatic rings. The van der Waals surface area contributed by atoms with Crippen molar-refractivity contribution < 1.29 is 23.9 Å². The number of esters is 1. The highest BCUT2D eigenvalue weighted by molar-refractivity contribution is 8.15. The number of nitrogens with zero attached hydrogens (tertiary/aromatic N) is 2. The Morgan fingerprint density at radius 3 is 2.50 bits per heavy atom. The summed E-state index contributed by atoms with van der Waals surface area (Å²) in [5, 5.41) is -0.878. The molecule has 0 spiro atoms. The Labute approximate surface area is 204 Å². The van der Waals surface area contributed by atoms with Crippen molar-refractivity contribution in [3.63, 3.8) is 0 Å². The molecule has 2 aromatic rings. The number of hydrogen-bond acceptors (Lipinski definition) is 7. The topological polar surface area (TPSA) is 85.8 Å². The van der Waals surface area contributed by atoms with E-state index in [2.05, 4.69) is 18.0 Å². The second-order valence-corrected chi connectivity index (χ2v) is 9.82. The molecule has 34 heavy (non-hydrogen) atoms. The van der Waals surface area contributed by atoms with Crippen LogP contribution in [0, 0.1) is 5.92 Å². The molecule has 1 saturated carbocycles. The molecule has 1 aliphatic carbocycles. The van der Waals surface area contributed by atoms with E-state index in [0.717, 1.165) is 72.2 Å². The monoisotopic (exact) mass is 482 g/mol. The van der Waals surface area contributed by atoms with Crippen LogP contribution in [0.1, 0.15) is 49.4 Å². The summed E-state index contributed by atoms with van der Waals surface area (Å²) < 4.78 is 11.1. The number of benzene rings is 1. The van der Waals surface area contributed by atoms with Crippen molar-refractivity contribution in [3.8, 4) is 5.75 Å². The van der Waals surface area contributed by atoms with Crippen LogP contribution in [0.3, 0.4) is 0 Å². The van der Waals surface area contributed by atoms with E-state index >= 15 is 0 Å². The second kappa shape index (κ2) is 11.5. The van der Waals surface area contributed by atoms with Gasteiger partial charge in [-0.3, -0.25) is 19.4 Å². The number of thioether (sulfide) groups is 1. The van der Waals surface area contributed by atoms with Crippen molar-refractivity contribution in [3.05, 3.63) is 59.4 Å². The predicted octanol–water partition coefficient (Wildman–Crippen LogP) is 4.56. The molecule has 1 unspecified atom stereocenters. The smallest absolute Gasteiger partial charge is 0.310 e. The van der Waals surface area contributed by atoms with Gasteiger partial charge < -0.3 is 9.47 Å². The molecule has 0 radical (unpaired) electrons. The Balaban J connectivity index is 1.22. The average Bonchev–Trinajstić information content (AvgIpc) is 3.48. The van der Waals surface area contributed by atoms with Gasteiger partial charge in [0.05, 0.1) is 17.8 Å². The first-order valence-corrected chi connectivity index (χ1v) is 12.8. The lowest BCUT2D eigenvalue weighted by molar-refractivity contribution is -0.153. The summed E-state index contributed by atoms with van der Waals surface area (Å²) in [6.07, 6.45) is 7.71. The maximum Gasteiger partial charge on any atom is 0.310 e. The number of aromatic nitrogens is 1. The Hall–Kier alpha value is -2.87. The maximum absolute atomic E-state index is 12.7. The van der Waals surface area contributed by atoms with Gasteiger partial charge in [-0.25, -0.2) is 4.90 Å². The van der Waals surface area contributed by atoms with Gasteiger partial charge in [0.15, 0.2) is 6.73 Å². The van der Waals surface area contributed by atoms with E-state index < -0.39 is 5.25 Å². The van der Waals surface area contributed by atoms with Crippen LogP contribution in [0.2, 0.25) is 0 Å². The summed E-state index contributed by atoms with van der Waals surface area (Å²) in [6.45, 7) is 2.34. The highest BCUT2D eigenvalue weighted by Crippen LogP contribution is 2.31. The molecule has 2 heterocycles. The number of carbonyl (C=O) groups excluding carboxylic acids is 3. The minimum atomic E-state index is -0.512. The number of rotatable bonds is 10. The second-order valence-electron chi connectivity index (χ2n) is 8.67. The van der Waals surface area contributed by atoms with Crippen molar-refractivity contribution in [1.29, 1.82) is 0 Å². The fourth-order valence-corrected chi connectivity index (χ4v) is 5.19. The number of amides is 2. The highest BCUT2D eigenvalue weighted by Gasteiger charge is 2.40. The molecule has 4 rings (SSSR count). The van der Waals surface area contributed by atoms with Crippen molar-refractivity contribution in [1.82, 2.24) is 9.88 Å². The Morgan fingerprint density at radius 1 is 1.09 bits per heavy atom. The highest BCUT2D eigenvalue weighted by atomic mass is 32.2. The quantitative estimate of drug-likeness (QED) is 0.459. The van der Waals surface area contributed by atoms with Gasteiger partial charge in [0.25, 0.3) is 5.24 Å². The zero-order chi connectivity index (χ0) is 23.9. The van der Waals surface area contributed by atoms with Crippen LogP contribution >= 0.6 is 11.8 Å². The van der Waals surface area contributed by atoms with Gasteiger partial charge in [0.1, 0.15) is 5.75 Å². The van der Waals surface area contributed by atoms with E-state index in [-0.39, 0.29) is 29.8 Å². The summed E-state index contributed by atoms with van der Waals surface area (Å²) in [6, 6.07) is 11.7. The molecule has 7 nitrogen and oxygen atoms in total. The van der Waals surface area contributed by atoms with E-state index in [9.17, 15) is 14.4 Å². The Morgan fingerprint density at radius 2 is 1.82 bits per heavy atom. The number of imide groups is 1. The summed E-state index contributed by atoms with van der Waals surface area (Å²) in [5.74, 6) is 0.0257. The Kier molecular flexibility index (Phi) is 8.21. The zero-order valence-corrected chi connectivity index (χ0v) is 20.2. The molecule has 2 fully saturated rings. The van der Waals surface area contributed by atoms with E-state index in [1.807, 2.05) is 36.5 Å². The fraction of sp³-hybridized carbons (Fsp3) is 0.462. The van der Waals surface area contributed by atoms with E-state index in [0.29, 0.717) is 13.0 Å². The summed E-state index contributed by atoms with van der Waals surface area (Å²) in [5.41, 5.74) is 3.15. The number of carbonyl (C=O) groups is 3. The minimum Gasteiger partial charge on any atom is -0.493 e. The summed E-state index contributed by atoms with van der Waals surface area (Å²) in [4.78, 5) is 42.6. The third kappa shape index (κ3) is 6.17. The molecule has 0 N–H and O–H groups in total. The predicted molar refractivity (Wildman–Crippen MR) is 129 cm³/mol. The molecule has 180 valence electrons. The molecular weight excluding hydrogens is 452 g/mol. The van der Waals surface area contributed by atoms with Crippen molar-refractivity contribution >= 4 is 28.9 Å². The maximum atomic E-state index is 12.7. The van der Waals surface area contributed by atoms with Gasteiger partial charge in [-0.15, -0.1) is 0 Å². The normalized spacial score (nSPS) is 18.5. The number of hydrogen-bond donors (Lipinski definition) is 0. The van der Waals surface area contributed by atoms with Crippen molar-refractivity contribution in [2.75, 3.05) is 13.3 Å². The summed E-state index contributed by atoms with van der Waals surface area (Å²) in [7, 11) is 0. The summed E-state index contributed by atoms with van der Waals surface area (Å²) >= 11 is 0.987. The fourth-order valence-electron chi connectivity index (χ4n) is 4.17. The van der Waals surface area contributed by atoms with Crippen LogP contribution in [-0.4, -0.2) is 45.6 Å². The average molecular weight is 483 g/mol.